The number of hydrogen-bond donors (Lipinski definition) is 1. The van der Waals surface area contributed by atoms with E-state index in [9.17, 15) is 4.79 Å². The Hall–Kier alpha value is -1.97. The Kier molecular flexibility index (Phi) is 3.85. The number of methoxy groups -OCH3 is 1. The van der Waals surface area contributed by atoms with Gasteiger partial charge in [-0.05, 0) is 37.0 Å². The number of H-pyrrole nitrogens is 1. The maximum Gasteiger partial charge on any atom is 0.223 e. The number of carbonyl (C=O) groups excluding carboxylic acids is 1. The molecule has 1 amide bonds. The van der Waals surface area contributed by atoms with Crippen molar-refractivity contribution in [3.63, 3.8) is 0 Å². The van der Waals surface area contributed by atoms with Crippen molar-refractivity contribution in [1.29, 1.82) is 0 Å². The summed E-state index contributed by atoms with van der Waals surface area (Å²) >= 11 is 0. The van der Waals surface area contributed by atoms with Crippen LogP contribution in [-0.2, 0) is 17.8 Å². The summed E-state index contributed by atoms with van der Waals surface area (Å²) in [6, 6.07) is 4.06. The number of nitrogens with zero attached hydrogens (tertiary/aromatic N) is 1. The zero-order valence-corrected chi connectivity index (χ0v) is 13.8. The van der Waals surface area contributed by atoms with Crippen molar-refractivity contribution >= 4 is 16.8 Å². The van der Waals surface area contributed by atoms with E-state index in [0.29, 0.717) is 18.9 Å². The predicted molar refractivity (Wildman–Crippen MR) is 88.2 cm³/mol. The van der Waals surface area contributed by atoms with E-state index in [-0.39, 0.29) is 5.91 Å². The van der Waals surface area contributed by atoms with Crippen LogP contribution in [0.3, 0.4) is 0 Å². The highest BCUT2D eigenvalue weighted by molar-refractivity contribution is 5.91. The van der Waals surface area contributed by atoms with E-state index in [4.69, 9.17) is 4.74 Å². The lowest BCUT2D eigenvalue weighted by Crippen LogP contribution is -2.32. The summed E-state index contributed by atoms with van der Waals surface area (Å²) < 4.78 is 5.56. The molecule has 4 heteroatoms. The third-order valence-corrected chi connectivity index (χ3v) is 4.48. The maximum atomic E-state index is 12.5. The Bertz CT molecular complexity index is 715. The largest absolute Gasteiger partial charge is 0.496 e. The smallest absolute Gasteiger partial charge is 0.223 e. The van der Waals surface area contributed by atoms with Gasteiger partial charge in [-0.2, -0.15) is 0 Å². The molecule has 2 aromatic rings. The van der Waals surface area contributed by atoms with Crippen molar-refractivity contribution in [3.8, 4) is 5.75 Å². The van der Waals surface area contributed by atoms with Crippen molar-refractivity contribution in [3.05, 3.63) is 29.0 Å². The average Bonchev–Trinajstić information content (AvgIpc) is 2.66. The van der Waals surface area contributed by atoms with Crippen LogP contribution >= 0.6 is 0 Å². The molecule has 3 rings (SSSR count). The molecule has 0 saturated heterocycles. The lowest BCUT2D eigenvalue weighted by molar-refractivity contribution is -0.132. The monoisotopic (exact) mass is 300 g/mol. The van der Waals surface area contributed by atoms with Crippen LogP contribution in [0.4, 0.5) is 0 Å². The molecule has 1 aromatic carbocycles. The fraction of sp³-hybridized carbons (Fsp3) is 0.500. The van der Waals surface area contributed by atoms with Crippen molar-refractivity contribution < 1.29 is 9.53 Å². The number of aromatic amines is 1. The first-order valence-corrected chi connectivity index (χ1v) is 7.96. The van der Waals surface area contributed by atoms with Gasteiger partial charge in [0.15, 0.2) is 0 Å². The van der Waals surface area contributed by atoms with Crippen LogP contribution in [0.2, 0.25) is 0 Å². The summed E-state index contributed by atoms with van der Waals surface area (Å²) in [5.41, 5.74) is 4.79. The molecular weight excluding hydrogens is 276 g/mol. The maximum absolute atomic E-state index is 12.5. The van der Waals surface area contributed by atoms with Gasteiger partial charge in [0.2, 0.25) is 5.91 Å². The number of nitrogens with one attached hydrogen (secondary N) is 1. The molecular formula is C18H24N2O2. The van der Waals surface area contributed by atoms with Crippen LogP contribution in [0.5, 0.6) is 5.75 Å². The number of benzene rings is 1. The van der Waals surface area contributed by atoms with Gasteiger partial charge in [0.05, 0.1) is 7.11 Å². The number of rotatable bonds is 3. The Morgan fingerprint density at radius 1 is 1.36 bits per heavy atom. The second kappa shape index (κ2) is 5.67. The first kappa shape index (κ1) is 14.9. The summed E-state index contributed by atoms with van der Waals surface area (Å²) in [6.45, 7) is 7.69. The molecule has 0 spiro atoms. The highest BCUT2D eigenvalue weighted by Gasteiger charge is 2.25. The Labute approximate surface area is 131 Å². The zero-order chi connectivity index (χ0) is 15.9. The minimum absolute atomic E-state index is 0.237. The highest BCUT2D eigenvalue weighted by Crippen LogP contribution is 2.35. The van der Waals surface area contributed by atoms with Gasteiger partial charge in [-0.25, -0.2) is 0 Å². The number of hydrogen-bond acceptors (Lipinski definition) is 2. The van der Waals surface area contributed by atoms with Crippen molar-refractivity contribution in [2.24, 2.45) is 5.92 Å². The van der Waals surface area contributed by atoms with E-state index >= 15 is 0 Å². The molecule has 0 saturated carbocycles. The number of amides is 1. The molecule has 0 radical (unpaired) electrons. The van der Waals surface area contributed by atoms with E-state index in [0.717, 1.165) is 29.8 Å². The zero-order valence-electron chi connectivity index (χ0n) is 13.8. The van der Waals surface area contributed by atoms with Crippen LogP contribution < -0.4 is 4.74 Å². The van der Waals surface area contributed by atoms with Crippen LogP contribution in [0, 0.1) is 12.8 Å². The SMILES string of the molecule is COc1ccc2[nH]c(C)c3c2c1CN(C(=O)CC(C)C)CC3. The van der Waals surface area contributed by atoms with Gasteiger partial charge in [0.25, 0.3) is 0 Å². The summed E-state index contributed by atoms with van der Waals surface area (Å²) in [5, 5.41) is 1.25. The van der Waals surface area contributed by atoms with Crippen molar-refractivity contribution in [1.82, 2.24) is 9.88 Å². The average molecular weight is 300 g/mol. The van der Waals surface area contributed by atoms with E-state index in [2.05, 4.69) is 31.8 Å². The first-order valence-electron chi connectivity index (χ1n) is 7.96. The Morgan fingerprint density at radius 2 is 2.14 bits per heavy atom. The number of aryl methyl sites for hydroxylation is 1. The molecule has 1 aliphatic heterocycles. The van der Waals surface area contributed by atoms with Crippen molar-refractivity contribution in [2.75, 3.05) is 13.7 Å². The number of ether oxygens (including phenoxy) is 1. The minimum atomic E-state index is 0.237. The van der Waals surface area contributed by atoms with Gasteiger partial charge >= 0.3 is 0 Å². The number of aromatic nitrogens is 1. The summed E-state index contributed by atoms with van der Waals surface area (Å²) in [4.78, 5) is 18.0. The lowest BCUT2D eigenvalue weighted by atomic mass is 10.0. The third kappa shape index (κ3) is 2.47. The molecule has 4 nitrogen and oxygen atoms in total. The molecule has 0 atom stereocenters. The van der Waals surface area contributed by atoms with Crippen LogP contribution in [0.15, 0.2) is 12.1 Å². The predicted octanol–water partition coefficient (Wildman–Crippen LogP) is 3.42. The van der Waals surface area contributed by atoms with Crippen LogP contribution in [-0.4, -0.2) is 29.4 Å². The quantitative estimate of drug-likeness (QED) is 0.944. The summed E-state index contributed by atoms with van der Waals surface area (Å²) in [7, 11) is 1.70. The standard InChI is InChI=1S/C18H24N2O2/c1-11(2)9-17(21)20-8-7-13-12(3)19-15-5-6-16(22-4)14(10-20)18(13)15/h5-6,11,19H,7-10H2,1-4H3. The van der Waals surface area contributed by atoms with Crippen LogP contribution in [0.25, 0.3) is 10.9 Å². The molecule has 22 heavy (non-hydrogen) atoms. The molecule has 0 fully saturated rings. The molecule has 0 unspecified atom stereocenters. The molecule has 1 aromatic heterocycles. The topological polar surface area (TPSA) is 45.3 Å². The molecule has 1 N–H and O–H groups in total. The summed E-state index contributed by atoms with van der Waals surface area (Å²) in [6.07, 6.45) is 1.50. The van der Waals surface area contributed by atoms with Crippen LogP contribution in [0.1, 0.15) is 37.1 Å². The fourth-order valence-corrected chi connectivity index (χ4v) is 3.41. The van der Waals surface area contributed by atoms with Gasteiger partial charge in [-0.1, -0.05) is 13.8 Å². The van der Waals surface area contributed by atoms with E-state index in [1.54, 1.807) is 7.11 Å². The molecule has 118 valence electrons. The Morgan fingerprint density at radius 3 is 2.82 bits per heavy atom. The second-order valence-electron chi connectivity index (χ2n) is 6.56. The molecule has 0 aliphatic carbocycles. The number of carbonyl (C=O) groups is 1. The van der Waals surface area contributed by atoms with E-state index in [1.807, 2.05) is 11.0 Å². The van der Waals surface area contributed by atoms with E-state index in [1.165, 1.54) is 16.6 Å². The minimum Gasteiger partial charge on any atom is -0.496 e. The van der Waals surface area contributed by atoms with Gasteiger partial charge in [-0.3, -0.25) is 4.79 Å². The normalized spacial score (nSPS) is 14.5. The first-order chi connectivity index (χ1) is 10.5. The second-order valence-corrected chi connectivity index (χ2v) is 6.56. The van der Waals surface area contributed by atoms with Crippen molar-refractivity contribution in [2.45, 2.75) is 40.2 Å². The molecule has 2 heterocycles. The van der Waals surface area contributed by atoms with Gasteiger partial charge in [0.1, 0.15) is 5.75 Å². The lowest BCUT2D eigenvalue weighted by Gasteiger charge is -2.23. The van der Waals surface area contributed by atoms with Gasteiger partial charge in [-0.15, -0.1) is 0 Å². The van der Waals surface area contributed by atoms with E-state index < -0.39 is 0 Å². The van der Waals surface area contributed by atoms with Gasteiger partial charge < -0.3 is 14.6 Å². The fourth-order valence-electron chi connectivity index (χ4n) is 3.41. The van der Waals surface area contributed by atoms with Gasteiger partial charge in [0, 0.05) is 41.7 Å². The third-order valence-electron chi connectivity index (χ3n) is 4.48. The molecule has 1 aliphatic rings. The molecule has 0 bridgehead atoms. The highest BCUT2D eigenvalue weighted by atomic mass is 16.5. The Balaban J connectivity index is 2.05. The summed E-state index contributed by atoms with van der Waals surface area (Å²) in [5.74, 6) is 1.49.